The van der Waals surface area contributed by atoms with Crippen molar-refractivity contribution in [2.45, 2.75) is 0 Å². The molecular weight excluding hydrogens is 255 g/mol. The molecule has 0 atom stereocenters. The third-order valence-electron chi connectivity index (χ3n) is 1.64. The van der Waals surface area contributed by atoms with Gasteiger partial charge in [0.2, 0.25) is 0 Å². The Balaban J connectivity index is 2.70. The lowest BCUT2D eigenvalue weighted by Crippen LogP contribution is -2.30. The number of esters is 1. The van der Waals surface area contributed by atoms with E-state index < -0.39 is 11.9 Å². The van der Waals surface area contributed by atoms with Crippen LogP contribution in [-0.4, -0.2) is 30.5 Å². The molecular formula is C9H8Cl2N2O3. The summed E-state index contributed by atoms with van der Waals surface area (Å²) in [6, 6.07) is 1.39. The monoisotopic (exact) mass is 262 g/mol. The molecule has 1 rings (SSSR count). The number of nitrogens with zero attached hydrogens (tertiary/aromatic N) is 1. The van der Waals surface area contributed by atoms with Crippen LogP contribution < -0.4 is 5.32 Å². The Kier molecular flexibility index (Phi) is 4.52. The average molecular weight is 263 g/mol. The number of ether oxygens (including phenoxy) is 1. The second kappa shape index (κ2) is 5.67. The van der Waals surface area contributed by atoms with Gasteiger partial charge < -0.3 is 10.1 Å². The van der Waals surface area contributed by atoms with Crippen molar-refractivity contribution in [3.8, 4) is 0 Å². The second-order valence-corrected chi connectivity index (χ2v) is 3.59. The number of halogens is 2. The number of pyridine rings is 1. The number of amides is 1. The molecule has 0 saturated heterocycles. The van der Waals surface area contributed by atoms with Gasteiger partial charge in [-0.25, -0.2) is 4.98 Å². The second-order valence-electron chi connectivity index (χ2n) is 2.74. The minimum Gasteiger partial charge on any atom is -0.468 e. The molecule has 0 radical (unpaired) electrons. The molecule has 0 spiro atoms. The van der Waals surface area contributed by atoms with Crippen molar-refractivity contribution in [3.63, 3.8) is 0 Å². The minimum absolute atomic E-state index is 0.00923. The van der Waals surface area contributed by atoms with Crippen LogP contribution in [0.1, 0.15) is 10.5 Å². The average Bonchev–Trinajstić information content (AvgIpc) is 2.25. The van der Waals surface area contributed by atoms with Gasteiger partial charge >= 0.3 is 5.97 Å². The van der Waals surface area contributed by atoms with Gasteiger partial charge in [-0.15, -0.1) is 0 Å². The molecule has 86 valence electrons. The Hall–Kier alpha value is -1.33. The zero-order valence-corrected chi connectivity index (χ0v) is 9.80. The van der Waals surface area contributed by atoms with Crippen LogP contribution in [0.25, 0.3) is 0 Å². The summed E-state index contributed by atoms with van der Waals surface area (Å²) >= 11 is 11.4. The Labute approximate surface area is 102 Å². The summed E-state index contributed by atoms with van der Waals surface area (Å²) in [7, 11) is 1.22. The highest BCUT2D eigenvalue weighted by Gasteiger charge is 2.13. The molecule has 0 unspecified atom stereocenters. The third kappa shape index (κ3) is 3.36. The molecule has 1 aromatic rings. The summed E-state index contributed by atoms with van der Waals surface area (Å²) in [6.45, 7) is -0.240. The number of aromatic nitrogens is 1. The van der Waals surface area contributed by atoms with Gasteiger partial charge in [0.05, 0.1) is 17.2 Å². The molecule has 1 heterocycles. The molecule has 0 aliphatic heterocycles. The van der Waals surface area contributed by atoms with E-state index in [0.29, 0.717) is 5.02 Å². The zero-order chi connectivity index (χ0) is 12.1. The van der Waals surface area contributed by atoms with Crippen LogP contribution >= 0.6 is 23.2 Å². The van der Waals surface area contributed by atoms with E-state index in [4.69, 9.17) is 23.2 Å². The molecule has 0 bridgehead atoms. The summed E-state index contributed by atoms with van der Waals surface area (Å²) in [5, 5.41) is 2.75. The van der Waals surface area contributed by atoms with E-state index in [1.165, 1.54) is 19.4 Å². The molecule has 1 N–H and O–H groups in total. The van der Waals surface area contributed by atoms with E-state index in [-0.39, 0.29) is 17.3 Å². The largest absolute Gasteiger partial charge is 0.468 e. The zero-order valence-electron chi connectivity index (χ0n) is 8.29. The van der Waals surface area contributed by atoms with Crippen LogP contribution in [0, 0.1) is 0 Å². The maximum absolute atomic E-state index is 11.5. The van der Waals surface area contributed by atoms with Crippen LogP contribution in [0.15, 0.2) is 12.3 Å². The highest BCUT2D eigenvalue weighted by Crippen LogP contribution is 2.17. The maximum Gasteiger partial charge on any atom is 0.325 e. The van der Waals surface area contributed by atoms with Gasteiger partial charge in [-0.3, -0.25) is 9.59 Å². The summed E-state index contributed by atoms with van der Waals surface area (Å²) in [5.41, 5.74) is 0.00923. The molecule has 0 aromatic carbocycles. The lowest BCUT2D eigenvalue weighted by molar-refractivity contribution is -0.139. The number of hydrogen-bond donors (Lipinski definition) is 1. The van der Waals surface area contributed by atoms with E-state index in [9.17, 15) is 9.59 Å². The summed E-state index contributed by atoms with van der Waals surface area (Å²) < 4.78 is 4.36. The summed E-state index contributed by atoms with van der Waals surface area (Å²) in [5.74, 6) is -1.12. The number of carbonyl (C=O) groups is 2. The number of rotatable bonds is 3. The molecule has 0 aliphatic rings. The van der Waals surface area contributed by atoms with Gasteiger partial charge in [0.25, 0.3) is 5.91 Å². The van der Waals surface area contributed by atoms with E-state index in [2.05, 4.69) is 15.0 Å². The maximum atomic E-state index is 11.5. The van der Waals surface area contributed by atoms with Gasteiger partial charge in [0.1, 0.15) is 12.2 Å². The first-order valence-electron chi connectivity index (χ1n) is 4.20. The van der Waals surface area contributed by atoms with Crippen molar-refractivity contribution in [1.82, 2.24) is 10.3 Å². The van der Waals surface area contributed by atoms with Crippen LogP contribution in [0.2, 0.25) is 10.0 Å². The standard InChI is InChI=1S/C9H8Cl2N2O3/c1-16-7(14)4-13-9(15)8-6(11)2-5(10)3-12-8/h2-3H,4H2,1H3,(H,13,15). The third-order valence-corrected chi connectivity index (χ3v) is 2.14. The number of hydrogen-bond acceptors (Lipinski definition) is 4. The van der Waals surface area contributed by atoms with Gasteiger partial charge in [0.15, 0.2) is 0 Å². The fraction of sp³-hybridized carbons (Fsp3) is 0.222. The van der Waals surface area contributed by atoms with E-state index in [0.717, 1.165) is 0 Å². The van der Waals surface area contributed by atoms with Crippen molar-refractivity contribution in [3.05, 3.63) is 28.0 Å². The highest BCUT2D eigenvalue weighted by atomic mass is 35.5. The van der Waals surface area contributed by atoms with E-state index >= 15 is 0 Å². The first kappa shape index (κ1) is 12.7. The van der Waals surface area contributed by atoms with Crippen LogP contribution in [0.5, 0.6) is 0 Å². The Bertz CT molecular complexity index is 423. The fourth-order valence-electron chi connectivity index (χ4n) is 0.890. The highest BCUT2D eigenvalue weighted by molar-refractivity contribution is 6.36. The van der Waals surface area contributed by atoms with Gasteiger partial charge in [0, 0.05) is 6.20 Å². The Morgan fingerprint density at radius 2 is 2.19 bits per heavy atom. The molecule has 1 amide bonds. The molecule has 5 nitrogen and oxygen atoms in total. The number of methoxy groups -OCH3 is 1. The van der Waals surface area contributed by atoms with Gasteiger partial charge in [-0.2, -0.15) is 0 Å². The van der Waals surface area contributed by atoms with Crippen molar-refractivity contribution in [1.29, 1.82) is 0 Å². The Morgan fingerprint density at radius 3 is 2.75 bits per heavy atom. The predicted molar refractivity (Wildman–Crippen MR) is 58.6 cm³/mol. The van der Waals surface area contributed by atoms with Crippen LogP contribution in [-0.2, 0) is 9.53 Å². The minimum atomic E-state index is -0.563. The van der Waals surface area contributed by atoms with Crippen LogP contribution in [0.4, 0.5) is 0 Å². The van der Waals surface area contributed by atoms with Gasteiger partial charge in [-0.05, 0) is 6.07 Å². The normalized spacial score (nSPS) is 9.69. The van der Waals surface area contributed by atoms with Crippen molar-refractivity contribution >= 4 is 35.1 Å². The fourth-order valence-corrected chi connectivity index (χ4v) is 1.36. The molecule has 0 fully saturated rings. The molecule has 7 heteroatoms. The van der Waals surface area contributed by atoms with E-state index in [1.807, 2.05) is 0 Å². The smallest absolute Gasteiger partial charge is 0.325 e. The van der Waals surface area contributed by atoms with E-state index in [1.54, 1.807) is 0 Å². The quantitative estimate of drug-likeness (QED) is 0.834. The molecule has 1 aromatic heterocycles. The lowest BCUT2D eigenvalue weighted by atomic mass is 10.3. The predicted octanol–water partition coefficient (Wildman–Crippen LogP) is 1.29. The first-order valence-corrected chi connectivity index (χ1v) is 4.96. The van der Waals surface area contributed by atoms with Crippen molar-refractivity contribution in [2.24, 2.45) is 0 Å². The number of nitrogens with one attached hydrogen (secondary N) is 1. The summed E-state index contributed by atoms with van der Waals surface area (Å²) in [6.07, 6.45) is 1.29. The Morgan fingerprint density at radius 1 is 1.50 bits per heavy atom. The first-order chi connectivity index (χ1) is 7.54. The van der Waals surface area contributed by atoms with Crippen LogP contribution in [0.3, 0.4) is 0 Å². The summed E-state index contributed by atoms with van der Waals surface area (Å²) in [4.78, 5) is 26.0. The topological polar surface area (TPSA) is 68.3 Å². The molecule has 16 heavy (non-hydrogen) atoms. The molecule has 0 saturated carbocycles. The number of carbonyl (C=O) groups excluding carboxylic acids is 2. The van der Waals surface area contributed by atoms with Crippen molar-refractivity contribution in [2.75, 3.05) is 13.7 Å². The molecule has 0 aliphatic carbocycles. The SMILES string of the molecule is COC(=O)CNC(=O)c1ncc(Cl)cc1Cl. The lowest BCUT2D eigenvalue weighted by Gasteiger charge is -2.04. The van der Waals surface area contributed by atoms with Gasteiger partial charge in [-0.1, -0.05) is 23.2 Å². The van der Waals surface area contributed by atoms with Crippen molar-refractivity contribution < 1.29 is 14.3 Å².